The van der Waals surface area contributed by atoms with Gasteiger partial charge in [0.25, 0.3) is 0 Å². The average molecular weight is 562 g/mol. The van der Waals surface area contributed by atoms with Crippen molar-refractivity contribution < 1.29 is 13.2 Å². The van der Waals surface area contributed by atoms with Crippen molar-refractivity contribution >= 4 is 38.7 Å². The summed E-state index contributed by atoms with van der Waals surface area (Å²) in [5.41, 5.74) is 7.60. The van der Waals surface area contributed by atoms with Crippen molar-refractivity contribution in [3.63, 3.8) is 0 Å². The number of aryl methyl sites for hydroxylation is 2. The van der Waals surface area contributed by atoms with Crippen LogP contribution in [0.1, 0.15) is 40.3 Å². The molecule has 0 spiro atoms. The van der Waals surface area contributed by atoms with Crippen molar-refractivity contribution in [2.45, 2.75) is 32.9 Å². The molecule has 10 heteroatoms. The molecule has 2 aromatic heterocycles. The fourth-order valence-electron chi connectivity index (χ4n) is 5.24. The molecule has 1 saturated heterocycles. The normalized spacial score (nSPS) is 17.3. The summed E-state index contributed by atoms with van der Waals surface area (Å²) in [6.07, 6.45) is 2.89. The molecule has 202 valence electrons. The lowest BCUT2D eigenvalue weighted by Crippen LogP contribution is -2.29. The summed E-state index contributed by atoms with van der Waals surface area (Å²) in [4.78, 5) is 6.72. The van der Waals surface area contributed by atoms with E-state index in [1.54, 1.807) is 18.3 Å². The van der Waals surface area contributed by atoms with Crippen LogP contribution in [0.25, 0.3) is 5.69 Å². The SMILES string of the molecule is COc1cc(N2C(=S)NC(c3ccccn3)C2c2cc(C)n(-c3ccc(C)cc3)c2C)ccc1NS(C)(=O)=O. The van der Waals surface area contributed by atoms with Crippen LogP contribution < -0.4 is 19.7 Å². The van der Waals surface area contributed by atoms with Gasteiger partial charge in [-0.1, -0.05) is 23.8 Å². The van der Waals surface area contributed by atoms with Gasteiger partial charge in [0, 0.05) is 35.0 Å². The van der Waals surface area contributed by atoms with Crippen LogP contribution in [0.5, 0.6) is 5.75 Å². The van der Waals surface area contributed by atoms with Crippen LogP contribution in [0.3, 0.4) is 0 Å². The molecule has 0 radical (unpaired) electrons. The molecule has 0 saturated carbocycles. The number of benzene rings is 2. The zero-order chi connectivity index (χ0) is 27.9. The van der Waals surface area contributed by atoms with E-state index < -0.39 is 10.0 Å². The quantitative estimate of drug-likeness (QED) is 0.294. The van der Waals surface area contributed by atoms with E-state index >= 15 is 0 Å². The lowest BCUT2D eigenvalue weighted by atomic mass is 9.96. The molecule has 0 bridgehead atoms. The van der Waals surface area contributed by atoms with Gasteiger partial charge in [0.2, 0.25) is 10.0 Å². The summed E-state index contributed by atoms with van der Waals surface area (Å²) in [5, 5.41) is 4.04. The van der Waals surface area contributed by atoms with Crippen molar-refractivity contribution in [2.24, 2.45) is 0 Å². The number of hydrogen-bond donors (Lipinski definition) is 2. The van der Waals surface area contributed by atoms with Gasteiger partial charge in [-0.05, 0) is 81.0 Å². The first kappa shape index (κ1) is 26.7. The summed E-state index contributed by atoms with van der Waals surface area (Å²) in [5.74, 6) is 0.394. The second-order valence-corrected chi connectivity index (χ2v) is 11.9. The van der Waals surface area contributed by atoms with E-state index in [9.17, 15) is 8.42 Å². The zero-order valence-corrected chi connectivity index (χ0v) is 24.1. The highest BCUT2D eigenvalue weighted by molar-refractivity contribution is 7.92. The van der Waals surface area contributed by atoms with Crippen LogP contribution in [0.4, 0.5) is 11.4 Å². The minimum absolute atomic E-state index is 0.217. The highest BCUT2D eigenvalue weighted by Crippen LogP contribution is 2.45. The molecule has 0 aliphatic carbocycles. The Morgan fingerprint density at radius 1 is 1.00 bits per heavy atom. The van der Waals surface area contributed by atoms with Crippen molar-refractivity contribution in [1.82, 2.24) is 14.9 Å². The maximum Gasteiger partial charge on any atom is 0.229 e. The average Bonchev–Trinajstić information content (AvgIpc) is 3.39. The molecule has 1 fully saturated rings. The molecule has 8 nitrogen and oxygen atoms in total. The lowest BCUT2D eigenvalue weighted by Gasteiger charge is -2.29. The highest BCUT2D eigenvalue weighted by Gasteiger charge is 2.42. The molecule has 2 unspecified atom stereocenters. The third kappa shape index (κ3) is 5.22. The van der Waals surface area contributed by atoms with Crippen LogP contribution in [-0.4, -0.2) is 36.4 Å². The van der Waals surface area contributed by atoms with Gasteiger partial charge in [0.05, 0.1) is 36.8 Å². The van der Waals surface area contributed by atoms with E-state index in [4.69, 9.17) is 17.0 Å². The van der Waals surface area contributed by atoms with Gasteiger partial charge in [0.1, 0.15) is 5.75 Å². The molecule has 1 aliphatic heterocycles. The molecule has 39 heavy (non-hydrogen) atoms. The monoisotopic (exact) mass is 561 g/mol. The molecule has 2 atom stereocenters. The van der Waals surface area contributed by atoms with E-state index in [1.165, 1.54) is 12.7 Å². The van der Waals surface area contributed by atoms with Gasteiger partial charge in [-0.2, -0.15) is 0 Å². The van der Waals surface area contributed by atoms with Crippen molar-refractivity contribution in [2.75, 3.05) is 23.0 Å². The highest BCUT2D eigenvalue weighted by atomic mass is 32.2. The van der Waals surface area contributed by atoms with Gasteiger partial charge in [-0.25, -0.2) is 8.42 Å². The topological polar surface area (TPSA) is 88.5 Å². The number of thiocarbonyl (C=S) groups is 1. The predicted octanol–water partition coefficient (Wildman–Crippen LogP) is 5.35. The number of rotatable bonds is 7. The van der Waals surface area contributed by atoms with Crippen LogP contribution >= 0.6 is 12.2 Å². The van der Waals surface area contributed by atoms with Gasteiger partial charge < -0.3 is 19.5 Å². The Labute approximate surface area is 234 Å². The summed E-state index contributed by atoms with van der Waals surface area (Å²) in [7, 11) is -1.97. The minimum Gasteiger partial charge on any atom is -0.494 e. The van der Waals surface area contributed by atoms with E-state index in [1.807, 2.05) is 24.3 Å². The summed E-state index contributed by atoms with van der Waals surface area (Å²) < 4.78 is 34.1. The van der Waals surface area contributed by atoms with Crippen LogP contribution in [0.15, 0.2) is 72.9 Å². The molecule has 0 amide bonds. The number of anilines is 2. The molecular formula is C29H31N5O3S2. The van der Waals surface area contributed by atoms with Gasteiger partial charge >= 0.3 is 0 Å². The maximum atomic E-state index is 11.9. The molecule has 2 N–H and O–H groups in total. The Kier molecular flexibility index (Phi) is 7.09. The Bertz CT molecular complexity index is 1630. The zero-order valence-electron chi connectivity index (χ0n) is 22.5. The second kappa shape index (κ2) is 10.3. The van der Waals surface area contributed by atoms with Gasteiger partial charge in [-0.15, -0.1) is 0 Å². The van der Waals surface area contributed by atoms with E-state index in [0.29, 0.717) is 16.5 Å². The maximum absolute atomic E-state index is 11.9. The van der Waals surface area contributed by atoms with E-state index in [-0.39, 0.29) is 12.1 Å². The van der Waals surface area contributed by atoms with Gasteiger partial charge in [0.15, 0.2) is 5.11 Å². The van der Waals surface area contributed by atoms with E-state index in [0.717, 1.165) is 40.3 Å². The Balaban J connectivity index is 1.66. The first-order chi connectivity index (χ1) is 18.6. The number of nitrogens with one attached hydrogen (secondary N) is 2. The fraction of sp³-hybridized carbons (Fsp3) is 0.241. The number of sulfonamides is 1. The van der Waals surface area contributed by atoms with Crippen molar-refractivity contribution in [3.8, 4) is 11.4 Å². The van der Waals surface area contributed by atoms with E-state index in [2.05, 4.69) is 75.6 Å². The number of aromatic nitrogens is 2. The van der Waals surface area contributed by atoms with Crippen LogP contribution in [0.2, 0.25) is 0 Å². The predicted molar refractivity (Wildman–Crippen MR) is 159 cm³/mol. The fourth-order valence-corrected chi connectivity index (χ4v) is 6.16. The number of nitrogens with zero attached hydrogens (tertiary/aromatic N) is 3. The number of hydrogen-bond acceptors (Lipinski definition) is 5. The van der Waals surface area contributed by atoms with Gasteiger partial charge in [-0.3, -0.25) is 9.71 Å². The Hall–Kier alpha value is -3.89. The first-order valence-electron chi connectivity index (χ1n) is 12.5. The van der Waals surface area contributed by atoms with Crippen LogP contribution in [0, 0.1) is 20.8 Å². The second-order valence-electron chi connectivity index (χ2n) is 9.75. The first-order valence-corrected chi connectivity index (χ1v) is 14.8. The molecule has 4 aromatic rings. The molecular weight excluding hydrogens is 530 g/mol. The third-order valence-corrected chi connectivity index (χ3v) is 7.84. The smallest absolute Gasteiger partial charge is 0.229 e. The lowest BCUT2D eigenvalue weighted by molar-refractivity contribution is 0.417. The van der Waals surface area contributed by atoms with Crippen molar-refractivity contribution in [1.29, 1.82) is 0 Å². The minimum atomic E-state index is -3.48. The largest absolute Gasteiger partial charge is 0.494 e. The van der Waals surface area contributed by atoms with Crippen LogP contribution in [-0.2, 0) is 10.0 Å². The van der Waals surface area contributed by atoms with Crippen molar-refractivity contribution in [3.05, 3.63) is 101 Å². The summed E-state index contributed by atoms with van der Waals surface area (Å²) >= 11 is 5.90. The number of ether oxygens (including phenoxy) is 1. The summed E-state index contributed by atoms with van der Waals surface area (Å²) in [6, 6.07) is 21.4. The third-order valence-electron chi connectivity index (χ3n) is 6.94. The Morgan fingerprint density at radius 2 is 1.72 bits per heavy atom. The summed E-state index contributed by atoms with van der Waals surface area (Å²) in [6.45, 7) is 6.30. The number of methoxy groups -OCH3 is 1. The Morgan fingerprint density at radius 3 is 2.36 bits per heavy atom. The molecule has 2 aromatic carbocycles. The molecule has 3 heterocycles. The molecule has 5 rings (SSSR count). The molecule has 1 aliphatic rings. The number of pyridine rings is 1. The standard InChI is InChI=1S/C29H31N5O3S2/c1-18-9-11-21(12-10-18)33-19(2)16-23(20(33)3)28-27(25-8-6-7-15-30-25)31-29(38)34(28)22-13-14-24(26(17-22)37-4)32-39(5,35)36/h6-17,27-28,32H,1-5H3,(H,31,38).